The van der Waals surface area contributed by atoms with E-state index in [2.05, 4.69) is 15.9 Å². The molecular weight excluding hydrogens is 394 g/mol. The number of benzene rings is 1. The first kappa shape index (κ1) is 17.7. The van der Waals surface area contributed by atoms with E-state index in [4.69, 9.17) is 4.74 Å². The van der Waals surface area contributed by atoms with Crippen molar-refractivity contribution in [2.75, 3.05) is 18.1 Å². The number of carbonyl (C=O) groups is 1. The molecule has 24 heavy (non-hydrogen) atoms. The first-order valence-electron chi connectivity index (χ1n) is 8.34. The van der Waals surface area contributed by atoms with Crippen molar-refractivity contribution < 1.29 is 17.9 Å². The molecule has 0 aromatic heterocycles. The average molecular weight is 416 g/mol. The number of sulfone groups is 1. The topological polar surface area (TPSA) is 63.7 Å². The second kappa shape index (κ2) is 7.44. The molecule has 1 aromatic rings. The molecule has 0 N–H and O–H groups in total. The molecule has 0 radical (unpaired) electrons. The zero-order chi connectivity index (χ0) is 17.2. The molecule has 1 atom stereocenters. The lowest BCUT2D eigenvalue weighted by Gasteiger charge is -2.28. The Morgan fingerprint density at radius 2 is 2.04 bits per heavy atom. The van der Waals surface area contributed by atoms with E-state index in [9.17, 15) is 13.2 Å². The summed E-state index contributed by atoms with van der Waals surface area (Å²) >= 11 is 3.39. The number of halogens is 1. The first-order valence-corrected chi connectivity index (χ1v) is 11.0. The molecule has 1 amide bonds. The molecule has 1 unspecified atom stereocenters. The maximum Gasteiger partial charge on any atom is 0.223 e. The van der Waals surface area contributed by atoms with Gasteiger partial charge in [-0.15, -0.1) is 0 Å². The lowest BCUT2D eigenvalue weighted by atomic mass is 10.2. The minimum atomic E-state index is -2.97. The Morgan fingerprint density at radius 3 is 2.67 bits per heavy atom. The molecule has 3 rings (SSSR count). The Hall–Kier alpha value is -1.08. The number of rotatable bonds is 7. The number of amides is 1. The van der Waals surface area contributed by atoms with Crippen LogP contribution in [0.4, 0.5) is 0 Å². The van der Waals surface area contributed by atoms with Crippen LogP contribution < -0.4 is 4.74 Å². The molecule has 1 saturated carbocycles. The summed E-state index contributed by atoms with van der Waals surface area (Å²) in [5, 5.41) is 0. The van der Waals surface area contributed by atoms with Gasteiger partial charge < -0.3 is 9.64 Å². The van der Waals surface area contributed by atoms with Crippen molar-refractivity contribution in [3.63, 3.8) is 0 Å². The van der Waals surface area contributed by atoms with E-state index < -0.39 is 9.84 Å². The van der Waals surface area contributed by atoms with Gasteiger partial charge >= 0.3 is 0 Å². The zero-order valence-electron chi connectivity index (χ0n) is 13.5. The van der Waals surface area contributed by atoms with Gasteiger partial charge in [0.15, 0.2) is 9.84 Å². The number of hydrogen-bond acceptors (Lipinski definition) is 4. The van der Waals surface area contributed by atoms with Crippen molar-refractivity contribution in [1.82, 2.24) is 4.90 Å². The van der Waals surface area contributed by atoms with E-state index in [1.807, 2.05) is 29.2 Å². The van der Waals surface area contributed by atoms with Crippen molar-refractivity contribution in [2.45, 2.75) is 44.2 Å². The number of carbonyl (C=O) groups excluding carboxylic acids is 1. The maximum absolute atomic E-state index is 12.6. The quantitative estimate of drug-likeness (QED) is 0.642. The second-order valence-corrected chi connectivity index (χ2v) is 9.64. The van der Waals surface area contributed by atoms with Gasteiger partial charge in [0.25, 0.3) is 0 Å². The summed E-state index contributed by atoms with van der Waals surface area (Å²) in [6.07, 6.45) is 3.61. The second-order valence-electron chi connectivity index (χ2n) is 6.50. The van der Waals surface area contributed by atoms with Crippen LogP contribution in [0.2, 0.25) is 0 Å². The fourth-order valence-electron chi connectivity index (χ4n) is 3.15. The molecular formula is C17H22BrNO4S. The maximum atomic E-state index is 12.6. The van der Waals surface area contributed by atoms with Crippen molar-refractivity contribution >= 4 is 31.7 Å². The standard InChI is InChI=1S/C17H22BrNO4S/c18-13-3-1-4-16(11-13)23-9-2-5-17(20)19(14-6-7-14)15-8-10-24(21,22)12-15/h1,3-4,11,14-15H,2,5-10,12H2. The van der Waals surface area contributed by atoms with Crippen molar-refractivity contribution in [1.29, 1.82) is 0 Å². The van der Waals surface area contributed by atoms with Crippen LogP contribution in [0, 0.1) is 0 Å². The Balaban J connectivity index is 1.48. The van der Waals surface area contributed by atoms with Crippen molar-refractivity contribution in [3.8, 4) is 5.75 Å². The van der Waals surface area contributed by atoms with Crippen LogP contribution in [-0.4, -0.2) is 49.4 Å². The highest BCUT2D eigenvalue weighted by atomic mass is 79.9. The zero-order valence-corrected chi connectivity index (χ0v) is 15.9. The highest BCUT2D eigenvalue weighted by Crippen LogP contribution is 2.33. The van der Waals surface area contributed by atoms with Gasteiger partial charge in [-0.05, 0) is 43.9 Å². The van der Waals surface area contributed by atoms with Crippen LogP contribution in [0.15, 0.2) is 28.7 Å². The molecule has 1 aliphatic heterocycles. The van der Waals surface area contributed by atoms with Crippen LogP contribution in [0.25, 0.3) is 0 Å². The molecule has 1 aromatic carbocycles. The lowest BCUT2D eigenvalue weighted by Crippen LogP contribution is -2.42. The summed E-state index contributed by atoms with van der Waals surface area (Å²) < 4.78 is 30.0. The third kappa shape index (κ3) is 4.72. The normalized spacial score (nSPS) is 22.3. The summed E-state index contributed by atoms with van der Waals surface area (Å²) in [7, 11) is -2.97. The molecule has 2 fully saturated rings. The Morgan fingerprint density at radius 1 is 1.25 bits per heavy atom. The molecule has 1 saturated heterocycles. The van der Waals surface area contributed by atoms with Crippen molar-refractivity contribution in [3.05, 3.63) is 28.7 Å². The molecule has 5 nitrogen and oxygen atoms in total. The molecule has 0 spiro atoms. The minimum absolute atomic E-state index is 0.0671. The van der Waals surface area contributed by atoms with E-state index in [1.165, 1.54) is 0 Å². The van der Waals surface area contributed by atoms with E-state index in [0.29, 0.717) is 25.9 Å². The van der Waals surface area contributed by atoms with Gasteiger partial charge in [-0.1, -0.05) is 22.0 Å². The van der Waals surface area contributed by atoms with Gasteiger partial charge in [0.05, 0.1) is 18.1 Å². The monoisotopic (exact) mass is 415 g/mol. The van der Waals surface area contributed by atoms with E-state index in [1.54, 1.807) is 0 Å². The summed E-state index contributed by atoms with van der Waals surface area (Å²) in [5.41, 5.74) is 0. The summed E-state index contributed by atoms with van der Waals surface area (Å²) in [5.74, 6) is 1.18. The molecule has 0 bridgehead atoms. The van der Waals surface area contributed by atoms with Crippen LogP contribution in [0.5, 0.6) is 5.75 Å². The molecule has 7 heteroatoms. The third-order valence-corrected chi connectivity index (χ3v) is 6.67. The molecule has 1 aliphatic carbocycles. The fourth-order valence-corrected chi connectivity index (χ4v) is 5.24. The predicted octanol–water partition coefficient (Wildman–Crippen LogP) is 2.79. The smallest absolute Gasteiger partial charge is 0.223 e. The van der Waals surface area contributed by atoms with Crippen LogP contribution in [0.1, 0.15) is 32.1 Å². The van der Waals surface area contributed by atoms with E-state index in [0.717, 1.165) is 23.1 Å². The SMILES string of the molecule is O=C(CCCOc1cccc(Br)c1)N(C1CC1)C1CCS(=O)(=O)C1. The highest BCUT2D eigenvalue weighted by Gasteiger charge is 2.41. The van der Waals surface area contributed by atoms with E-state index in [-0.39, 0.29) is 29.5 Å². The van der Waals surface area contributed by atoms with Crippen molar-refractivity contribution in [2.24, 2.45) is 0 Å². The van der Waals surface area contributed by atoms with Crippen LogP contribution >= 0.6 is 15.9 Å². The Labute approximate surface area is 151 Å². The van der Waals surface area contributed by atoms with Gasteiger partial charge in [-0.2, -0.15) is 0 Å². The summed E-state index contributed by atoms with van der Waals surface area (Å²) in [6.45, 7) is 0.476. The van der Waals surface area contributed by atoms with Gasteiger partial charge in [0, 0.05) is 23.0 Å². The lowest BCUT2D eigenvalue weighted by molar-refractivity contribution is -0.134. The highest BCUT2D eigenvalue weighted by molar-refractivity contribution is 9.10. The average Bonchev–Trinajstić information content (AvgIpc) is 3.28. The number of nitrogens with zero attached hydrogens (tertiary/aromatic N) is 1. The van der Waals surface area contributed by atoms with Crippen LogP contribution in [-0.2, 0) is 14.6 Å². The summed E-state index contributed by atoms with van der Waals surface area (Å²) in [4.78, 5) is 14.4. The fraction of sp³-hybridized carbons (Fsp3) is 0.588. The molecule has 132 valence electrons. The van der Waals surface area contributed by atoms with Crippen LogP contribution in [0.3, 0.4) is 0 Å². The Kier molecular flexibility index (Phi) is 5.49. The Bertz CT molecular complexity index is 702. The predicted molar refractivity (Wildman–Crippen MR) is 95.8 cm³/mol. The molecule has 1 heterocycles. The van der Waals surface area contributed by atoms with Gasteiger partial charge in [0.1, 0.15) is 5.75 Å². The van der Waals surface area contributed by atoms with Gasteiger partial charge in [-0.25, -0.2) is 8.42 Å². The van der Waals surface area contributed by atoms with E-state index >= 15 is 0 Å². The number of ether oxygens (including phenoxy) is 1. The molecule has 2 aliphatic rings. The third-order valence-electron chi connectivity index (χ3n) is 4.43. The largest absolute Gasteiger partial charge is 0.494 e. The number of hydrogen-bond donors (Lipinski definition) is 0. The summed E-state index contributed by atoms with van der Waals surface area (Å²) in [6, 6.07) is 7.73. The first-order chi connectivity index (χ1) is 11.4. The van der Waals surface area contributed by atoms with Gasteiger partial charge in [0.2, 0.25) is 5.91 Å². The van der Waals surface area contributed by atoms with Gasteiger partial charge in [-0.3, -0.25) is 4.79 Å². The minimum Gasteiger partial charge on any atom is -0.494 e.